The van der Waals surface area contributed by atoms with Gasteiger partial charge in [-0.25, -0.2) is 0 Å². The van der Waals surface area contributed by atoms with Gasteiger partial charge in [0.25, 0.3) is 0 Å². The Hall–Kier alpha value is -1.32. The molecule has 0 aliphatic heterocycles. The van der Waals surface area contributed by atoms with Gasteiger partial charge in [0.05, 0.1) is 6.54 Å². The van der Waals surface area contributed by atoms with Crippen molar-refractivity contribution < 1.29 is 0 Å². The Morgan fingerprint density at radius 1 is 1.10 bits per heavy atom. The van der Waals surface area contributed by atoms with Crippen molar-refractivity contribution in [1.29, 1.82) is 0 Å². The molecule has 1 fully saturated rings. The first-order valence-corrected chi connectivity index (χ1v) is 8.28. The molecule has 2 aromatic rings. The highest BCUT2D eigenvalue weighted by Crippen LogP contribution is 2.24. The van der Waals surface area contributed by atoms with Gasteiger partial charge in [-0.05, 0) is 44.0 Å². The monoisotopic (exact) mass is 286 g/mol. The highest BCUT2D eigenvalue weighted by molar-refractivity contribution is 7.12. The first-order chi connectivity index (χ1) is 9.85. The number of nitrogens with zero attached hydrogens (tertiary/aromatic N) is 1. The molecule has 3 heteroatoms. The van der Waals surface area contributed by atoms with Crippen molar-refractivity contribution in [3.63, 3.8) is 0 Å². The van der Waals surface area contributed by atoms with E-state index < -0.39 is 0 Å². The van der Waals surface area contributed by atoms with E-state index in [-0.39, 0.29) is 0 Å². The molecule has 1 aliphatic rings. The van der Waals surface area contributed by atoms with Crippen LogP contribution in [0.5, 0.6) is 0 Å². The summed E-state index contributed by atoms with van der Waals surface area (Å²) in [5, 5.41) is 3.58. The third kappa shape index (κ3) is 3.62. The third-order valence-electron chi connectivity index (χ3n) is 3.71. The smallest absolute Gasteiger partial charge is 0.0522 e. The van der Waals surface area contributed by atoms with Crippen molar-refractivity contribution in [1.82, 2.24) is 5.32 Å². The van der Waals surface area contributed by atoms with Crippen LogP contribution < -0.4 is 10.2 Å². The lowest BCUT2D eigenvalue weighted by atomic mass is 10.3. The number of hydrogen-bond acceptors (Lipinski definition) is 3. The molecule has 0 atom stereocenters. The molecule has 2 nitrogen and oxygen atoms in total. The van der Waals surface area contributed by atoms with Gasteiger partial charge in [-0.2, -0.15) is 0 Å². The summed E-state index contributed by atoms with van der Waals surface area (Å²) in [6.07, 6.45) is 2.71. The minimum absolute atomic E-state index is 0.789. The van der Waals surface area contributed by atoms with Gasteiger partial charge >= 0.3 is 0 Å². The molecule has 1 heterocycles. The van der Waals surface area contributed by atoms with Crippen LogP contribution >= 0.6 is 11.3 Å². The summed E-state index contributed by atoms with van der Waals surface area (Å²) in [7, 11) is 0. The molecule has 0 spiro atoms. The van der Waals surface area contributed by atoms with Crippen LogP contribution in [0.1, 0.15) is 29.5 Å². The van der Waals surface area contributed by atoms with Crippen LogP contribution in [0.2, 0.25) is 0 Å². The van der Waals surface area contributed by atoms with Crippen LogP contribution in [-0.4, -0.2) is 12.6 Å². The Morgan fingerprint density at radius 3 is 2.55 bits per heavy atom. The first-order valence-electron chi connectivity index (χ1n) is 7.46. The predicted molar refractivity (Wildman–Crippen MR) is 87.3 cm³/mol. The fourth-order valence-corrected chi connectivity index (χ4v) is 3.33. The van der Waals surface area contributed by atoms with E-state index in [0.717, 1.165) is 25.7 Å². The van der Waals surface area contributed by atoms with Crippen LogP contribution in [0.25, 0.3) is 0 Å². The molecule has 0 bridgehead atoms. The van der Waals surface area contributed by atoms with E-state index in [2.05, 4.69) is 59.6 Å². The van der Waals surface area contributed by atoms with Crippen LogP contribution in [-0.2, 0) is 13.1 Å². The topological polar surface area (TPSA) is 15.3 Å². The van der Waals surface area contributed by atoms with Crippen molar-refractivity contribution in [2.75, 3.05) is 11.4 Å². The van der Waals surface area contributed by atoms with E-state index >= 15 is 0 Å². The normalized spacial score (nSPS) is 14.4. The zero-order valence-electron chi connectivity index (χ0n) is 12.0. The molecule has 1 saturated carbocycles. The van der Waals surface area contributed by atoms with Gasteiger partial charge in [-0.15, -0.1) is 11.3 Å². The molecule has 3 rings (SSSR count). The average molecular weight is 286 g/mol. The Balaban J connectivity index is 1.60. The van der Waals surface area contributed by atoms with Gasteiger partial charge in [0, 0.05) is 34.6 Å². The lowest BCUT2D eigenvalue weighted by Gasteiger charge is -2.22. The second-order valence-corrected chi connectivity index (χ2v) is 6.63. The van der Waals surface area contributed by atoms with E-state index in [9.17, 15) is 0 Å². The molecule has 1 aliphatic carbocycles. The predicted octanol–water partition coefficient (Wildman–Crippen LogP) is 4.03. The van der Waals surface area contributed by atoms with Crippen LogP contribution in [0, 0.1) is 0 Å². The van der Waals surface area contributed by atoms with Crippen molar-refractivity contribution in [3.05, 3.63) is 52.2 Å². The number of benzene rings is 1. The maximum atomic E-state index is 3.58. The second-order valence-electron chi connectivity index (χ2n) is 5.37. The molecule has 0 unspecified atom stereocenters. The summed E-state index contributed by atoms with van der Waals surface area (Å²) >= 11 is 1.94. The Morgan fingerprint density at radius 2 is 1.85 bits per heavy atom. The number of para-hydroxylation sites is 1. The number of anilines is 1. The maximum absolute atomic E-state index is 3.58. The highest BCUT2D eigenvalue weighted by Gasteiger charge is 2.20. The molecule has 1 aromatic carbocycles. The van der Waals surface area contributed by atoms with Crippen molar-refractivity contribution >= 4 is 17.0 Å². The lowest BCUT2D eigenvalue weighted by Crippen LogP contribution is -2.21. The molecule has 0 saturated heterocycles. The summed E-state index contributed by atoms with van der Waals surface area (Å²) < 4.78 is 0. The van der Waals surface area contributed by atoms with Gasteiger partial charge in [0.2, 0.25) is 0 Å². The van der Waals surface area contributed by atoms with Gasteiger partial charge in [-0.3, -0.25) is 0 Å². The number of nitrogens with one attached hydrogen (secondary N) is 1. The summed E-state index contributed by atoms with van der Waals surface area (Å²) in [5.41, 5.74) is 1.31. The minimum Gasteiger partial charge on any atom is -0.367 e. The maximum Gasteiger partial charge on any atom is 0.0522 e. The van der Waals surface area contributed by atoms with Gasteiger partial charge < -0.3 is 10.2 Å². The summed E-state index contributed by atoms with van der Waals surface area (Å²) in [5.74, 6) is 0. The third-order valence-corrected chi connectivity index (χ3v) is 4.78. The molecular formula is C17H22N2S. The SMILES string of the molecule is CCN(Cc1ccc(CNC2CC2)s1)c1ccccc1. The van der Waals surface area contributed by atoms with Gasteiger partial charge in [0.1, 0.15) is 0 Å². The largest absolute Gasteiger partial charge is 0.367 e. The fourth-order valence-electron chi connectivity index (χ4n) is 2.35. The fraction of sp³-hybridized carbons (Fsp3) is 0.412. The van der Waals surface area contributed by atoms with E-state index in [1.54, 1.807) is 0 Å². The van der Waals surface area contributed by atoms with Crippen LogP contribution in [0.3, 0.4) is 0 Å². The van der Waals surface area contributed by atoms with E-state index in [1.807, 2.05) is 11.3 Å². The van der Waals surface area contributed by atoms with Crippen LogP contribution in [0.15, 0.2) is 42.5 Å². The number of hydrogen-bond donors (Lipinski definition) is 1. The molecule has 20 heavy (non-hydrogen) atoms. The van der Waals surface area contributed by atoms with Gasteiger partial charge in [0.15, 0.2) is 0 Å². The van der Waals surface area contributed by atoms with Gasteiger partial charge in [-0.1, -0.05) is 18.2 Å². The van der Waals surface area contributed by atoms with E-state index in [0.29, 0.717) is 0 Å². The standard InChI is InChI=1S/C17H22N2S/c1-2-19(15-6-4-3-5-7-15)13-17-11-10-16(20-17)12-18-14-8-9-14/h3-7,10-11,14,18H,2,8-9,12-13H2,1H3. The summed E-state index contributed by atoms with van der Waals surface area (Å²) in [4.78, 5) is 5.32. The Labute approximate surface area is 125 Å². The molecular weight excluding hydrogens is 264 g/mol. The second kappa shape index (κ2) is 6.42. The van der Waals surface area contributed by atoms with Crippen LogP contribution in [0.4, 0.5) is 5.69 Å². The first kappa shape index (κ1) is 13.7. The average Bonchev–Trinajstić information content (AvgIpc) is 3.22. The molecule has 1 N–H and O–H groups in total. The molecule has 106 valence electrons. The van der Waals surface area contributed by atoms with Crippen molar-refractivity contribution in [2.24, 2.45) is 0 Å². The zero-order valence-corrected chi connectivity index (χ0v) is 12.8. The Kier molecular flexibility index (Phi) is 4.38. The van der Waals surface area contributed by atoms with E-state index in [4.69, 9.17) is 0 Å². The Bertz CT molecular complexity index is 531. The quantitative estimate of drug-likeness (QED) is 0.827. The van der Waals surface area contributed by atoms with Crippen molar-refractivity contribution in [2.45, 2.75) is 38.9 Å². The number of thiophene rings is 1. The number of rotatable bonds is 7. The van der Waals surface area contributed by atoms with Crippen molar-refractivity contribution in [3.8, 4) is 0 Å². The summed E-state index contributed by atoms with van der Waals surface area (Å²) in [6.45, 7) is 5.30. The van der Waals surface area contributed by atoms with E-state index in [1.165, 1.54) is 28.3 Å². The molecule has 0 amide bonds. The lowest BCUT2D eigenvalue weighted by molar-refractivity contribution is 0.695. The molecule has 0 radical (unpaired) electrons. The minimum atomic E-state index is 0.789. The zero-order chi connectivity index (χ0) is 13.8. The highest BCUT2D eigenvalue weighted by atomic mass is 32.1. The summed E-state index contributed by atoms with van der Waals surface area (Å²) in [6, 6.07) is 16.0. The molecule has 1 aromatic heterocycles.